The monoisotopic (exact) mass is 588 g/mol. The number of carbonyl (C=O) groups excluding carboxylic acids is 1. The highest BCUT2D eigenvalue weighted by Crippen LogP contribution is 2.36. The molecule has 2 aromatic heterocycles. The summed E-state index contributed by atoms with van der Waals surface area (Å²) in [7, 11) is 1.60. The number of fused-ring (bicyclic) bond motifs is 1. The molecule has 0 radical (unpaired) electrons. The molecule has 2 aromatic carbocycles. The molecule has 1 amide bonds. The number of likely N-dealkylation sites (N-methyl/N-ethyl adjacent to an activating group) is 1. The van der Waals surface area contributed by atoms with Crippen LogP contribution in [-0.4, -0.2) is 40.1 Å². The summed E-state index contributed by atoms with van der Waals surface area (Å²) in [4.78, 5) is 35.1. The van der Waals surface area contributed by atoms with Crippen LogP contribution >= 0.6 is 22.9 Å². The van der Waals surface area contributed by atoms with Crippen LogP contribution in [0.3, 0.4) is 0 Å². The van der Waals surface area contributed by atoms with Crippen molar-refractivity contribution in [2.75, 3.05) is 20.2 Å². The maximum Gasteiger partial charge on any atom is 0.271 e. The van der Waals surface area contributed by atoms with E-state index >= 15 is 0 Å². The Morgan fingerprint density at radius 1 is 1.10 bits per heavy atom. The van der Waals surface area contributed by atoms with Gasteiger partial charge in [-0.2, -0.15) is 0 Å². The molecule has 3 heterocycles. The molecule has 5 rings (SSSR count). The molecule has 0 saturated heterocycles. The first kappa shape index (κ1) is 28.6. The molecule has 41 heavy (non-hydrogen) atoms. The fraction of sp³-hybridized carbons (Fsp3) is 0.281. The van der Waals surface area contributed by atoms with Crippen LogP contribution in [0.2, 0.25) is 5.02 Å². The Hall–Kier alpha value is -3.88. The van der Waals surface area contributed by atoms with E-state index in [0.717, 1.165) is 28.2 Å². The number of hydrogen-bond donors (Lipinski definition) is 0. The molecule has 0 N–H and O–H groups in total. The molecule has 0 fully saturated rings. The van der Waals surface area contributed by atoms with Crippen LogP contribution in [0.4, 0.5) is 0 Å². The smallest absolute Gasteiger partial charge is 0.271 e. The Bertz CT molecular complexity index is 1840. The maximum atomic E-state index is 14.2. The zero-order valence-electron chi connectivity index (χ0n) is 24.1. The van der Waals surface area contributed by atoms with Crippen molar-refractivity contribution in [1.82, 2.24) is 14.0 Å². The molecular weight excluding hydrogens is 556 g/mol. The molecule has 0 bridgehead atoms. The molecule has 0 spiro atoms. The van der Waals surface area contributed by atoms with Gasteiger partial charge in [-0.05, 0) is 82.7 Å². The Morgan fingerprint density at radius 3 is 2.44 bits per heavy atom. The van der Waals surface area contributed by atoms with E-state index in [1.54, 1.807) is 16.6 Å². The lowest BCUT2D eigenvalue weighted by Gasteiger charge is -2.29. The zero-order valence-corrected chi connectivity index (χ0v) is 25.6. The van der Waals surface area contributed by atoms with Crippen molar-refractivity contribution in [2.45, 2.75) is 40.7 Å². The first-order valence-corrected chi connectivity index (χ1v) is 14.8. The lowest BCUT2D eigenvalue weighted by molar-refractivity contribution is -0.127. The number of aryl methyl sites for hydroxylation is 1. The number of ether oxygens (including phenoxy) is 1. The van der Waals surface area contributed by atoms with Crippen LogP contribution in [0.15, 0.2) is 75.7 Å². The van der Waals surface area contributed by atoms with Crippen LogP contribution < -0.4 is 19.6 Å². The fourth-order valence-electron chi connectivity index (χ4n) is 5.53. The topological polar surface area (TPSA) is 68.8 Å². The number of para-hydroxylation sites is 1. The fourth-order valence-corrected chi connectivity index (χ4v) is 6.69. The summed E-state index contributed by atoms with van der Waals surface area (Å²) in [6.45, 7) is 10.9. The summed E-state index contributed by atoms with van der Waals surface area (Å²) in [5.74, 6) is 0.478. The van der Waals surface area contributed by atoms with Gasteiger partial charge in [0, 0.05) is 40.8 Å². The second-order valence-electron chi connectivity index (χ2n) is 9.94. The second kappa shape index (κ2) is 11.5. The number of rotatable bonds is 7. The molecule has 1 aliphatic heterocycles. The average molecular weight is 589 g/mol. The maximum absolute atomic E-state index is 14.2. The summed E-state index contributed by atoms with van der Waals surface area (Å²) in [6.07, 6.45) is 1.92. The summed E-state index contributed by atoms with van der Waals surface area (Å²) >= 11 is 7.44. The van der Waals surface area contributed by atoms with Crippen molar-refractivity contribution in [1.29, 1.82) is 0 Å². The molecule has 7 nitrogen and oxygen atoms in total. The van der Waals surface area contributed by atoms with Crippen LogP contribution in [0.1, 0.15) is 49.3 Å². The van der Waals surface area contributed by atoms with Gasteiger partial charge in [0.15, 0.2) is 4.80 Å². The van der Waals surface area contributed by atoms with E-state index in [-0.39, 0.29) is 11.5 Å². The number of nitrogens with zero attached hydrogens (tertiary/aromatic N) is 4. The van der Waals surface area contributed by atoms with Gasteiger partial charge in [0.25, 0.3) is 11.5 Å². The van der Waals surface area contributed by atoms with Gasteiger partial charge >= 0.3 is 0 Å². The molecule has 1 atom stereocenters. The van der Waals surface area contributed by atoms with E-state index in [4.69, 9.17) is 21.3 Å². The highest BCUT2D eigenvalue weighted by Gasteiger charge is 2.35. The number of amides is 1. The minimum absolute atomic E-state index is 0.132. The first-order chi connectivity index (χ1) is 19.7. The molecule has 0 saturated carbocycles. The number of carbonyl (C=O) groups is 1. The predicted octanol–water partition coefficient (Wildman–Crippen LogP) is 5.17. The lowest BCUT2D eigenvalue weighted by Crippen LogP contribution is -2.43. The minimum atomic E-state index is -0.667. The number of halogens is 1. The van der Waals surface area contributed by atoms with Gasteiger partial charge in [0.1, 0.15) is 11.8 Å². The van der Waals surface area contributed by atoms with Crippen LogP contribution in [0.5, 0.6) is 5.75 Å². The summed E-state index contributed by atoms with van der Waals surface area (Å²) < 4.78 is 10.0. The average Bonchev–Trinajstić information content (AvgIpc) is 3.42. The molecule has 212 valence electrons. The summed E-state index contributed by atoms with van der Waals surface area (Å²) in [5.41, 5.74) is 5.61. The molecule has 0 aliphatic carbocycles. The van der Waals surface area contributed by atoms with Crippen molar-refractivity contribution in [3.8, 4) is 11.4 Å². The van der Waals surface area contributed by atoms with E-state index in [9.17, 15) is 9.59 Å². The van der Waals surface area contributed by atoms with Crippen molar-refractivity contribution in [3.63, 3.8) is 0 Å². The molecular formula is C32H33ClN4O3S. The lowest BCUT2D eigenvalue weighted by atomic mass is 9.94. The Labute approximate surface area is 248 Å². The third kappa shape index (κ3) is 5.06. The SMILES string of the molecule is CCN(CC)C(=O)C1=C(C)N=c2s/c(=C/c3cc(C)n(-c4ccc(Cl)cc4)c3C)c(=O)n2[C@H]1c1ccccc1OC. The zero-order chi connectivity index (χ0) is 29.4. The van der Waals surface area contributed by atoms with E-state index in [2.05, 4.69) is 10.6 Å². The van der Waals surface area contributed by atoms with E-state index in [1.165, 1.54) is 11.3 Å². The minimum Gasteiger partial charge on any atom is -0.496 e. The van der Waals surface area contributed by atoms with Gasteiger partial charge in [0.05, 0.1) is 22.9 Å². The van der Waals surface area contributed by atoms with Crippen molar-refractivity contribution >= 4 is 34.9 Å². The number of allylic oxidation sites excluding steroid dienone is 1. The van der Waals surface area contributed by atoms with Crippen molar-refractivity contribution < 1.29 is 9.53 Å². The Kier molecular flexibility index (Phi) is 8.07. The second-order valence-corrected chi connectivity index (χ2v) is 11.4. The third-order valence-corrected chi connectivity index (χ3v) is 8.81. The largest absolute Gasteiger partial charge is 0.496 e. The van der Waals surface area contributed by atoms with E-state index < -0.39 is 6.04 Å². The molecule has 9 heteroatoms. The van der Waals surface area contributed by atoms with Crippen molar-refractivity contribution in [2.24, 2.45) is 4.99 Å². The van der Waals surface area contributed by atoms with Gasteiger partial charge < -0.3 is 14.2 Å². The van der Waals surface area contributed by atoms with Gasteiger partial charge in [-0.3, -0.25) is 14.2 Å². The summed E-state index contributed by atoms with van der Waals surface area (Å²) in [5, 5.41) is 0.677. The van der Waals surface area contributed by atoms with E-state index in [0.29, 0.717) is 44.5 Å². The van der Waals surface area contributed by atoms with Crippen LogP contribution in [0.25, 0.3) is 11.8 Å². The van der Waals surface area contributed by atoms with Gasteiger partial charge in [0.2, 0.25) is 0 Å². The van der Waals surface area contributed by atoms with Gasteiger partial charge in [-0.1, -0.05) is 41.1 Å². The van der Waals surface area contributed by atoms with Gasteiger partial charge in [-0.25, -0.2) is 4.99 Å². The first-order valence-electron chi connectivity index (χ1n) is 13.6. The number of thiazole rings is 1. The summed E-state index contributed by atoms with van der Waals surface area (Å²) in [6, 6.07) is 16.6. The highest BCUT2D eigenvalue weighted by molar-refractivity contribution is 7.07. The standard InChI is InChI=1S/C32H33ClN4O3S/c1-7-35(8-2)31(39)28-20(4)34-32-37(29(28)25-11-9-10-12-26(25)40-6)30(38)27(41-32)18-22-17-19(3)36(21(22)5)24-15-13-23(33)14-16-24/h9-18,29H,7-8H2,1-6H3/b27-18+/t29-/m0/s1. The van der Waals surface area contributed by atoms with Crippen LogP contribution in [-0.2, 0) is 4.79 Å². The third-order valence-electron chi connectivity index (χ3n) is 7.58. The number of aromatic nitrogens is 2. The van der Waals surface area contributed by atoms with Crippen LogP contribution in [0, 0.1) is 13.8 Å². The molecule has 0 unspecified atom stereocenters. The van der Waals surface area contributed by atoms with E-state index in [1.807, 2.05) is 89.2 Å². The number of methoxy groups -OCH3 is 1. The number of hydrogen-bond acceptors (Lipinski definition) is 5. The predicted molar refractivity (Wildman–Crippen MR) is 165 cm³/mol. The van der Waals surface area contributed by atoms with Crippen molar-refractivity contribution in [3.05, 3.63) is 113 Å². The Morgan fingerprint density at radius 2 is 1.78 bits per heavy atom. The Balaban J connectivity index is 1.72. The molecule has 4 aromatic rings. The normalized spacial score (nSPS) is 15.1. The molecule has 1 aliphatic rings. The highest BCUT2D eigenvalue weighted by atomic mass is 35.5. The quantitative estimate of drug-likeness (QED) is 0.299. The van der Waals surface area contributed by atoms with Gasteiger partial charge in [-0.15, -0.1) is 0 Å². The number of benzene rings is 2.